The van der Waals surface area contributed by atoms with Crippen molar-refractivity contribution < 1.29 is 4.79 Å². The van der Waals surface area contributed by atoms with Gasteiger partial charge >= 0.3 is 0 Å². The van der Waals surface area contributed by atoms with E-state index in [0.29, 0.717) is 11.9 Å². The van der Waals surface area contributed by atoms with Gasteiger partial charge in [0.1, 0.15) is 0 Å². The molecule has 2 fully saturated rings. The SMILES string of the molecule is CN1CCCC(C(=O)NC2CCCCCCC2)C1. The summed E-state index contributed by atoms with van der Waals surface area (Å²) >= 11 is 0. The smallest absolute Gasteiger partial charge is 0.224 e. The first kappa shape index (κ1) is 13.9. The number of rotatable bonds is 2. The fourth-order valence-electron chi connectivity index (χ4n) is 3.30. The van der Waals surface area contributed by atoms with E-state index in [1.165, 1.54) is 51.4 Å². The summed E-state index contributed by atoms with van der Waals surface area (Å²) in [6.45, 7) is 2.09. The molecule has 0 spiro atoms. The molecule has 2 aliphatic rings. The van der Waals surface area contributed by atoms with E-state index in [-0.39, 0.29) is 5.92 Å². The van der Waals surface area contributed by atoms with Gasteiger partial charge in [-0.05, 0) is 39.3 Å². The molecule has 1 N–H and O–H groups in total. The van der Waals surface area contributed by atoms with E-state index in [2.05, 4.69) is 17.3 Å². The topological polar surface area (TPSA) is 32.3 Å². The van der Waals surface area contributed by atoms with Gasteiger partial charge in [0.05, 0.1) is 5.92 Å². The molecule has 1 saturated carbocycles. The molecule has 2 rings (SSSR count). The third-order valence-electron chi connectivity index (χ3n) is 4.45. The minimum atomic E-state index is 0.231. The Morgan fingerprint density at radius 1 is 1.00 bits per heavy atom. The van der Waals surface area contributed by atoms with Gasteiger partial charge in [-0.1, -0.05) is 32.1 Å². The van der Waals surface area contributed by atoms with Gasteiger partial charge in [-0.15, -0.1) is 0 Å². The molecule has 3 heteroatoms. The summed E-state index contributed by atoms with van der Waals surface area (Å²) < 4.78 is 0. The van der Waals surface area contributed by atoms with Crippen LogP contribution in [0.5, 0.6) is 0 Å². The van der Waals surface area contributed by atoms with Crippen molar-refractivity contribution in [2.75, 3.05) is 20.1 Å². The predicted molar refractivity (Wildman–Crippen MR) is 74.5 cm³/mol. The fraction of sp³-hybridized carbons (Fsp3) is 0.933. The Kier molecular flexibility index (Phi) is 5.48. The van der Waals surface area contributed by atoms with E-state index in [0.717, 1.165) is 19.5 Å². The van der Waals surface area contributed by atoms with Crippen molar-refractivity contribution >= 4 is 5.91 Å². The zero-order valence-corrected chi connectivity index (χ0v) is 11.8. The Labute approximate surface area is 111 Å². The normalized spacial score (nSPS) is 28.4. The minimum Gasteiger partial charge on any atom is -0.353 e. The van der Waals surface area contributed by atoms with E-state index in [9.17, 15) is 4.79 Å². The summed E-state index contributed by atoms with van der Waals surface area (Å²) in [5.74, 6) is 0.543. The Balaban J connectivity index is 1.77. The highest BCUT2D eigenvalue weighted by molar-refractivity contribution is 5.79. The molecule has 18 heavy (non-hydrogen) atoms. The maximum Gasteiger partial charge on any atom is 0.224 e. The Morgan fingerprint density at radius 3 is 2.33 bits per heavy atom. The monoisotopic (exact) mass is 252 g/mol. The number of hydrogen-bond donors (Lipinski definition) is 1. The Bertz CT molecular complexity index is 259. The lowest BCUT2D eigenvalue weighted by Crippen LogP contribution is -2.45. The van der Waals surface area contributed by atoms with Crippen LogP contribution in [-0.2, 0) is 4.79 Å². The molecule has 0 bridgehead atoms. The van der Waals surface area contributed by atoms with E-state index in [1.807, 2.05) is 0 Å². The highest BCUT2D eigenvalue weighted by Crippen LogP contribution is 2.19. The van der Waals surface area contributed by atoms with Crippen molar-refractivity contribution in [3.05, 3.63) is 0 Å². The van der Waals surface area contributed by atoms with Gasteiger partial charge in [0, 0.05) is 12.6 Å². The van der Waals surface area contributed by atoms with Gasteiger partial charge in [-0.25, -0.2) is 0 Å². The predicted octanol–water partition coefficient (Wildman–Crippen LogP) is 2.56. The Hall–Kier alpha value is -0.570. The summed E-state index contributed by atoms with van der Waals surface area (Å²) in [6.07, 6.45) is 11.3. The zero-order chi connectivity index (χ0) is 12.8. The first-order valence-corrected chi connectivity index (χ1v) is 7.74. The van der Waals surface area contributed by atoms with Crippen molar-refractivity contribution in [1.82, 2.24) is 10.2 Å². The number of hydrogen-bond acceptors (Lipinski definition) is 2. The third-order valence-corrected chi connectivity index (χ3v) is 4.45. The molecule has 0 aromatic heterocycles. The Morgan fingerprint density at radius 2 is 1.67 bits per heavy atom. The molecule has 1 atom stereocenters. The van der Waals surface area contributed by atoms with Gasteiger partial charge < -0.3 is 10.2 Å². The summed E-state index contributed by atoms with van der Waals surface area (Å²) in [7, 11) is 2.12. The molecule has 3 nitrogen and oxygen atoms in total. The molecule has 1 aliphatic heterocycles. The van der Waals surface area contributed by atoms with Crippen molar-refractivity contribution in [3.8, 4) is 0 Å². The van der Waals surface area contributed by atoms with Gasteiger partial charge in [-0.2, -0.15) is 0 Å². The van der Waals surface area contributed by atoms with Crippen molar-refractivity contribution in [2.24, 2.45) is 5.92 Å². The number of likely N-dealkylation sites (tertiary alicyclic amines) is 1. The van der Waals surface area contributed by atoms with Crippen LogP contribution in [0, 0.1) is 5.92 Å². The van der Waals surface area contributed by atoms with Crippen LogP contribution in [0.15, 0.2) is 0 Å². The summed E-state index contributed by atoms with van der Waals surface area (Å²) in [6, 6.07) is 0.449. The van der Waals surface area contributed by atoms with Crippen molar-refractivity contribution in [1.29, 1.82) is 0 Å². The lowest BCUT2D eigenvalue weighted by Gasteiger charge is -2.30. The van der Waals surface area contributed by atoms with E-state index < -0.39 is 0 Å². The molecule has 1 unspecified atom stereocenters. The van der Waals surface area contributed by atoms with E-state index in [1.54, 1.807) is 0 Å². The van der Waals surface area contributed by atoms with Gasteiger partial charge in [0.15, 0.2) is 0 Å². The number of piperidine rings is 1. The summed E-state index contributed by atoms with van der Waals surface area (Å²) in [5, 5.41) is 3.31. The van der Waals surface area contributed by atoms with Crippen LogP contribution in [0.25, 0.3) is 0 Å². The summed E-state index contributed by atoms with van der Waals surface area (Å²) in [4.78, 5) is 14.6. The van der Waals surface area contributed by atoms with Crippen LogP contribution in [0.3, 0.4) is 0 Å². The van der Waals surface area contributed by atoms with Crippen LogP contribution in [0.1, 0.15) is 57.8 Å². The molecule has 1 amide bonds. The lowest BCUT2D eigenvalue weighted by atomic mass is 9.94. The fourth-order valence-corrected chi connectivity index (χ4v) is 3.30. The van der Waals surface area contributed by atoms with E-state index >= 15 is 0 Å². The number of carbonyl (C=O) groups excluding carboxylic acids is 1. The highest BCUT2D eigenvalue weighted by Gasteiger charge is 2.25. The van der Waals surface area contributed by atoms with Crippen LogP contribution < -0.4 is 5.32 Å². The second-order valence-electron chi connectivity index (χ2n) is 6.15. The highest BCUT2D eigenvalue weighted by atomic mass is 16.2. The minimum absolute atomic E-state index is 0.231. The first-order chi connectivity index (χ1) is 8.75. The second kappa shape index (κ2) is 7.13. The molecule has 1 saturated heterocycles. The van der Waals surface area contributed by atoms with Crippen molar-refractivity contribution in [2.45, 2.75) is 63.8 Å². The molecule has 1 aliphatic carbocycles. The van der Waals surface area contributed by atoms with E-state index in [4.69, 9.17) is 0 Å². The van der Waals surface area contributed by atoms with Gasteiger partial charge in [-0.3, -0.25) is 4.79 Å². The zero-order valence-electron chi connectivity index (χ0n) is 11.8. The second-order valence-corrected chi connectivity index (χ2v) is 6.15. The molecule has 0 aromatic carbocycles. The molecular formula is C15H28N2O. The van der Waals surface area contributed by atoms with Crippen LogP contribution in [-0.4, -0.2) is 37.0 Å². The molecule has 104 valence electrons. The summed E-state index contributed by atoms with van der Waals surface area (Å²) in [5.41, 5.74) is 0. The molecule has 1 heterocycles. The van der Waals surface area contributed by atoms with Crippen LogP contribution >= 0.6 is 0 Å². The molecular weight excluding hydrogens is 224 g/mol. The number of nitrogens with zero attached hydrogens (tertiary/aromatic N) is 1. The van der Waals surface area contributed by atoms with Gasteiger partial charge in [0.25, 0.3) is 0 Å². The quantitative estimate of drug-likeness (QED) is 0.819. The molecule has 0 radical (unpaired) electrons. The first-order valence-electron chi connectivity index (χ1n) is 7.74. The average molecular weight is 252 g/mol. The maximum absolute atomic E-state index is 12.3. The largest absolute Gasteiger partial charge is 0.353 e. The third kappa shape index (κ3) is 4.27. The number of carbonyl (C=O) groups is 1. The van der Waals surface area contributed by atoms with Crippen LogP contribution in [0.2, 0.25) is 0 Å². The number of amides is 1. The van der Waals surface area contributed by atoms with Crippen LogP contribution in [0.4, 0.5) is 0 Å². The van der Waals surface area contributed by atoms with Crippen molar-refractivity contribution in [3.63, 3.8) is 0 Å². The maximum atomic E-state index is 12.3. The molecule has 0 aromatic rings. The number of nitrogens with one attached hydrogen (secondary N) is 1. The average Bonchev–Trinajstić information content (AvgIpc) is 2.32. The standard InChI is InChI=1S/C15H28N2O/c1-17-11-7-8-13(12-17)15(18)16-14-9-5-3-2-4-6-10-14/h13-14H,2-12H2,1H3,(H,16,18). The lowest BCUT2D eigenvalue weighted by molar-refractivity contribution is -0.127. The van der Waals surface area contributed by atoms with Gasteiger partial charge in [0.2, 0.25) is 5.91 Å².